The van der Waals surface area contributed by atoms with E-state index in [1.165, 1.54) is 5.56 Å². The van der Waals surface area contributed by atoms with E-state index in [-0.39, 0.29) is 23.5 Å². The van der Waals surface area contributed by atoms with Gasteiger partial charge in [0.2, 0.25) is 0 Å². The van der Waals surface area contributed by atoms with Crippen molar-refractivity contribution in [2.24, 2.45) is 16.1 Å². The smallest absolute Gasteiger partial charge is 0.262 e. The normalized spacial score (nSPS) is 32.5. The Morgan fingerprint density at radius 2 is 1.94 bits per heavy atom. The van der Waals surface area contributed by atoms with E-state index in [9.17, 15) is 4.79 Å². The molecule has 1 aromatic carbocycles. The molecule has 1 heterocycles. The summed E-state index contributed by atoms with van der Waals surface area (Å²) in [6.07, 6.45) is 7.93. The van der Waals surface area contributed by atoms with Crippen molar-refractivity contribution in [3.05, 3.63) is 29.3 Å². The van der Waals surface area contributed by atoms with Gasteiger partial charge in [0.1, 0.15) is 12.4 Å². The quantitative estimate of drug-likeness (QED) is 0.706. The number of carbonyl (C=O) groups excluding carboxylic acids is 1. The minimum Gasteiger partial charge on any atom is -0.491 e. The summed E-state index contributed by atoms with van der Waals surface area (Å²) in [5, 5.41) is 0. The van der Waals surface area contributed by atoms with E-state index in [1.807, 2.05) is 12.1 Å². The Bertz CT molecular complexity index is 889. The van der Waals surface area contributed by atoms with Gasteiger partial charge in [-0.2, -0.15) is 0 Å². The molecular formula is C24H33N3O4. The lowest BCUT2D eigenvalue weighted by molar-refractivity contribution is -0.141. The van der Waals surface area contributed by atoms with Crippen molar-refractivity contribution in [1.82, 2.24) is 4.90 Å². The number of rotatable bonds is 6. The summed E-state index contributed by atoms with van der Waals surface area (Å²) in [5.41, 5.74) is 7.43. The van der Waals surface area contributed by atoms with Gasteiger partial charge in [-0.05, 0) is 74.6 Å². The number of ether oxygens (including phenoxy) is 3. The average molecular weight is 428 g/mol. The van der Waals surface area contributed by atoms with Crippen LogP contribution in [0.4, 0.5) is 0 Å². The molecule has 7 heteroatoms. The summed E-state index contributed by atoms with van der Waals surface area (Å²) >= 11 is 0. The molecule has 0 radical (unpaired) electrons. The van der Waals surface area contributed by atoms with Gasteiger partial charge in [-0.25, -0.2) is 4.99 Å². The van der Waals surface area contributed by atoms with Crippen LogP contribution in [0.2, 0.25) is 0 Å². The lowest BCUT2D eigenvalue weighted by atomic mass is 9.61. The van der Waals surface area contributed by atoms with Crippen LogP contribution in [0.25, 0.3) is 0 Å². The molecule has 2 spiro atoms. The highest BCUT2D eigenvalue weighted by Gasteiger charge is 2.67. The molecule has 31 heavy (non-hydrogen) atoms. The van der Waals surface area contributed by atoms with Crippen LogP contribution < -0.4 is 10.5 Å². The number of benzene rings is 1. The molecule has 2 fully saturated rings. The molecule has 1 atom stereocenters. The SMILES string of the molecule is COCCOc1ccc2c(c1)C1(N=C(N)N(C3CCC3)C1=O)C1(CCC(OC)CC1)C2. The summed E-state index contributed by atoms with van der Waals surface area (Å²) < 4.78 is 16.7. The van der Waals surface area contributed by atoms with Crippen molar-refractivity contribution in [1.29, 1.82) is 0 Å². The Morgan fingerprint density at radius 1 is 1.16 bits per heavy atom. The van der Waals surface area contributed by atoms with E-state index in [0.29, 0.717) is 19.2 Å². The van der Waals surface area contributed by atoms with E-state index in [2.05, 4.69) is 6.07 Å². The third-order valence-corrected chi connectivity index (χ3v) is 8.04. The number of guanidine groups is 1. The summed E-state index contributed by atoms with van der Waals surface area (Å²) in [7, 11) is 3.44. The third-order valence-electron chi connectivity index (χ3n) is 8.04. The number of carbonyl (C=O) groups is 1. The first-order valence-electron chi connectivity index (χ1n) is 11.5. The predicted octanol–water partition coefficient (Wildman–Crippen LogP) is 2.75. The lowest BCUT2D eigenvalue weighted by Crippen LogP contribution is -2.55. The summed E-state index contributed by atoms with van der Waals surface area (Å²) in [5.74, 6) is 1.21. The maximum atomic E-state index is 14.2. The average Bonchev–Trinajstić information content (AvgIpc) is 3.15. The molecular weight excluding hydrogens is 394 g/mol. The van der Waals surface area contributed by atoms with Crippen molar-refractivity contribution >= 4 is 11.9 Å². The van der Waals surface area contributed by atoms with Crippen LogP contribution in [0.1, 0.15) is 56.1 Å². The zero-order valence-corrected chi connectivity index (χ0v) is 18.6. The van der Waals surface area contributed by atoms with Crippen LogP contribution in [0.5, 0.6) is 5.75 Å². The minimum atomic E-state index is -0.943. The van der Waals surface area contributed by atoms with Gasteiger partial charge in [-0.1, -0.05) is 6.07 Å². The molecule has 1 aliphatic heterocycles. The molecule has 1 unspecified atom stereocenters. The van der Waals surface area contributed by atoms with Crippen LogP contribution in [0, 0.1) is 5.41 Å². The largest absolute Gasteiger partial charge is 0.491 e. The Kier molecular flexibility index (Phi) is 5.21. The molecule has 1 amide bonds. The topological polar surface area (TPSA) is 86.4 Å². The zero-order valence-electron chi connectivity index (χ0n) is 18.6. The molecule has 0 bridgehead atoms. The first kappa shape index (κ1) is 20.8. The highest BCUT2D eigenvalue weighted by Crippen LogP contribution is 2.62. The van der Waals surface area contributed by atoms with Gasteiger partial charge in [0, 0.05) is 25.7 Å². The first-order valence-corrected chi connectivity index (χ1v) is 11.5. The van der Waals surface area contributed by atoms with Crippen LogP contribution in [0.3, 0.4) is 0 Å². The molecule has 1 aromatic rings. The van der Waals surface area contributed by atoms with Gasteiger partial charge in [-0.15, -0.1) is 0 Å². The van der Waals surface area contributed by atoms with Gasteiger partial charge in [0.05, 0.1) is 12.7 Å². The van der Waals surface area contributed by atoms with Gasteiger partial charge in [-0.3, -0.25) is 9.69 Å². The first-order chi connectivity index (χ1) is 15.0. The van der Waals surface area contributed by atoms with E-state index in [4.69, 9.17) is 24.9 Å². The molecule has 2 saturated carbocycles. The molecule has 7 nitrogen and oxygen atoms in total. The maximum absolute atomic E-state index is 14.2. The van der Waals surface area contributed by atoms with Crippen LogP contribution in [0.15, 0.2) is 23.2 Å². The number of amides is 1. The fourth-order valence-electron chi connectivity index (χ4n) is 6.15. The van der Waals surface area contributed by atoms with Crippen molar-refractivity contribution in [2.75, 3.05) is 27.4 Å². The second-order valence-electron chi connectivity index (χ2n) is 9.49. The fraction of sp³-hybridized carbons (Fsp3) is 0.667. The van der Waals surface area contributed by atoms with Crippen LogP contribution in [-0.2, 0) is 26.2 Å². The van der Waals surface area contributed by atoms with Gasteiger partial charge in [0.15, 0.2) is 11.5 Å². The number of methoxy groups -OCH3 is 2. The molecule has 0 aromatic heterocycles. The highest BCUT2D eigenvalue weighted by atomic mass is 16.5. The van der Waals surface area contributed by atoms with Crippen molar-refractivity contribution in [2.45, 2.75) is 69.1 Å². The Balaban J connectivity index is 1.57. The second kappa shape index (κ2) is 7.78. The van der Waals surface area contributed by atoms with Crippen LogP contribution in [-0.4, -0.2) is 56.3 Å². The number of nitrogens with two attached hydrogens (primary N) is 1. The standard InChI is InChI=1S/C24H33N3O4/c1-29-12-13-31-19-7-6-16-15-23(10-8-18(30-2)9-11-23)24(20(16)14-19)21(28)27(22(25)26-24)17-4-3-5-17/h6-7,14,17-18H,3-5,8-13,15H2,1-2H3,(H2,25,26). The number of nitrogens with zero attached hydrogens (tertiary/aromatic N) is 2. The fourth-order valence-corrected chi connectivity index (χ4v) is 6.15. The number of fused-ring (bicyclic) bond motifs is 3. The monoisotopic (exact) mass is 427 g/mol. The minimum absolute atomic E-state index is 0.0679. The second-order valence-corrected chi connectivity index (χ2v) is 9.49. The predicted molar refractivity (Wildman–Crippen MR) is 117 cm³/mol. The molecule has 3 aliphatic carbocycles. The molecule has 5 rings (SSSR count). The van der Waals surface area contributed by atoms with Gasteiger partial charge in [0.25, 0.3) is 5.91 Å². The van der Waals surface area contributed by atoms with E-state index >= 15 is 0 Å². The Hall–Kier alpha value is -2.12. The van der Waals surface area contributed by atoms with E-state index in [1.54, 1.807) is 19.1 Å². The van der Waals surface area contributed by atoms with Crippen molar-refractivity contribution in [3.8, 4) is 5.75 Å². The molecule has 4 aliphatic rings. The highest BCUT2D eigenvalue weighted by molar-refractivity contribution is 6.09. The van der Waals surface area contributed by atoms with E-state index < -0.39 is 5.54 Å². The Morgan fingerprint density at radius 3 is 2.58 bits per heavy atom. The number of aliphatic imine (C=N–C) groups is 1. The lowest BCUT2D eigenvalue weighted by Gasteiger charge is -2.46. The summed E-state index contributed by atoms with van der Waals surface area (Å²) in [6, 6.07) is 6.33. The van der Waals surface area contributed by atoms with Crippen molar-refractivity contribution in [3.63, 3.8) is 0 Å². The number of hydrogen-bond acceptors (Lipinski definition) is 6. The molecule has 168 valence electrons. The maximum Gasteiger partial charge on any atom is 0.262 e. The Labute approximate surface area is 183 Å². The van der Waals surface area contributed by atoms with Crippen LogP contribution >= 0.6 is 0 Å². The third kappa shape index (κ3) is 3.00. The van der Waals surface area contributed by atoms with Gasteiger partial charge >= 0.3 is 0 Å². The number of hydrogen-bond donors (Lipinski definition) is 1. The summed E-state index contributed by atoms with van der Waals surface area (Å²) in [6.45, 7) is 0.987. The zero-order chi connectivity index (χ0) is 21.6. The molecule has 2 N–H and O–H groups in total. The van der Waals surface area contributed by atoms with Gasteiger partial charge < -0.3 is 19.9 Å². The van der Waals surface area contributed by atoms with E-state index in [0.717, 1.165) is 62.7 Å². The van der Waals surface area contributed by atoms with Crippen molar-refractivity contribution < 1.29 is 19.0 Å². The summed E-state index contributed by atoms with van der Waals surface area (Å²) in [4.78, 5) is 21.0. The molecule has 0 saturated heterocycles.